The van der Waals surface area contributed by atoms with E-state index in [4.69, 9.17) is 4.74 Å². The van der Waals surface area contributed by atoms with Gasteiger partial charge in [0, 0.05) is 44.1 Å². The Morgan fingerprint density at radius 2 is 2.32 bits per heavy atom. The van der Waals surface area contributed by atoms with E-state index in [0.717, 1.165) is 50.8 Å². The molecule has 1 aromatic rings. The lowest BCUT2D eigenvalue weighted by molar-refractivity contribution is -0.0191. The monoisotopic (exact) mass is 264 g/mol. The molecule has 1 saturated heterocycles. The predicted octanol–water partition coefficient (Wildman–Crippen LogP) is 1.65. The first kappa shape index (κ1) is 14.1. The zero-order chi connectivity index (χ0) is 13.5. The van der Waals surface area contributed by atoms with Crippen molar-refractivity contribution in [2.45, 2.75) is 20.0 Å². The summed E-state index contributed by atoms with van der Waals surface area (Å²) in [5.74, 6) is 0.909. The molecule has 1 aliphatic rings. The predicted molar refractivity (Wildman–Crippen MR) is 78.7 cm³/mol. The lowest BCUT2D eigenvalue weighted by atomic mass is 10.2. The van der Waals surface area contributed by atoms with Crippen LogP contribution in [0.4, 0.5) is 11.5 Å². The highest BCUT2D eigenvalue weighted by Gasteiger charge is 2.18. The highest BCUT2D eigenvalue weighted by atomic mass is 16.5. The number of anilines is 2. The minimum absolute atomic E-state index is 0.268. The molecule has 0 amide bonds. The number of pyridine rings is 1. The summed E-state index contributed by atoms with van der Waals surface area (Å²) in [5.41, 5.74) is 1.09. The van der Waals surface area contributed by atoms with Crippen molar-refractivity contribution in [3.8, 4) is 0 Å². The highest BCUT2D eigenvalue weighted by molar-refractivity contribution is 5.51. The van der Waals surface area contributed by atoms with Gasteiger partial charge in [0.2, 0.25) is 0 Å². The molecule has 1 aliphatic heterocycles. The van der Waals surface area contributed by atoms with Crippen molar-refractivity contribution in [3.05, 3.63) is 18.3 Å². The molecule has 0 bridgehead atoms. The topological polar surface area (TPSA) is 49.4 Å². The lowest BCUT2D eigenvalue weighted by Gasteiger charge is -2.32. The van der Waals surface area contributed by atoms with E-state index < -0.39 is 0 Å². The number of morpholine rings is 1. The van der Waals surface area contributed by atoms with Crippen LogP contribution in [0.5, 0.6) is 0 Å². The number of nitrogens with zero attached hydrogens (tertiary/aromatic N) is 2. The van der Waals surface area contributed by atoms with Gasteiger partial charge in [-0.05, 0) is 19.5 Å². The number of ether oxygens (including phenoxy) is 1. The molecule has 2 rings (SSSR count). The summed E-state index contributed by atoms with van der Waals surface area (Å²) >= 11 is 0. The average molecular weight is 264 g/mol. The normalized spacial score (nSPS) is 20.2. The largest absolute Gasteiger partial charge is 0.382 e. The third-order valence-corrected chi connectivity index (χ3v) is 3.32. The minimum atomic E-state index is 0.268. The maximum atomic E-state index is 5.77. The van der Waals surface area contributed by atoms with Crippen LogP contribution < -0.4 is 10.6 Å². The average Bonchev–Trinajstić information content (AvgIpc) is 2.46. The standard InChI is InChI=1S/C14H24N4O/c1-3-15-14-9-12(5-6-16-14)17-10-13-11-18(4-2)7-8-19-13/h5-6,9,13H,3-4,7-8,10-11H2,1-2H3,(H2,15,16,17). The summed E-state index contributed by atoms with van der Waals surface area (Å²) in [5, 5.41) is 6.64. The molecule has 0 saturated carbocycles. The van der Waals surface area contributed by atoms with Crippen LogP contribution in [0.15, 0.2) is 18.3 Å². The van der Waals surface area contributed by atoms with Crippen LogP contribution in [0.25, 0.3) is 0 Å². The van der Waals surface area contributed by atoms with Gasteiger partial charge in [-0.3, -0.25) is 4.90 Å². The van der Waals surface area contributed by atoms with Gasteiger partial charge >= 0.3 is 0 Å². The van der Waals surface area contributed by atoms with Crippen molar-refractivity contribution in [1.82, 2.24) is 9.88 Å². The SMILES string of the molecule is CCNc1cc(NCC2CN(CC)CCO2)ccn1. The Morgan fingerprint density at radius 3 is 3.11 bits per heavy atom. The molecule has 1 atom stereocenters. The van der Waals surface area contributed by atoms with Gasteiger partial charge in [-0.1, -0.05) is 6.92 Å². The van der Waals surface area contributed by atoms with E-state index in [1.54, 1.807) is 0 Å². The van der Waals surface area contributed by atoms with E-state index in [0.29, 0.717) is 0 Å². The van der Waals surface area contributed by atoms with Gasteiger partial charge in [-0.15, -0.1) is 0 Å². The minimum Gasteiger partial charge on any atom is -0.382 e. The van der Waals surface area contributed by atoms with Crippen LogP contribution in [0.2, 0.25) is 0 Å². The van der Waals surface area contributed by atoms with Gasteiger partial charge in [0.15, 0.2) is 0 Å². The molecule has 1 unspecified atom stereocenters. The highest BCUT2D eigenvalue weighted by Crippen LogP contribution is 2.13. The summed E-state index contributed by atoms with van der Waals surface area (Å²) in [6.45, 7) is 9.97. The van der Waals surface area contributed by atoms with Crippen molar-refractivity contribution in [3.63, 3.8) is 0 Å². The summed E-state index contributed by atoms with van der Waals surface area (Å²) in [6, 6.07) is 4.02. The van der Waals surface area contributed by atoms with Crippen molar-refractivity contribution >= 4 is 11.5 Å². The first-order chi connectivity index (χ1) is 9.31. The summed E-state index contributed by atoms with van der Waals surface area (Å²) in [6.07, 6.45) is 2.09. The Morgan fingerprint density at radius 1 is 1.42 bits per heavy atom. The molecule has 19 heavy (non-hydrogen) atoms. The number of hydrogen-bond acceptors (Lipinski definition) is 5. The van der Waals surface area contributed by atoms with E-state index >= 15 is 0 Å². The first-order valence-electron chi connectivity index (χ1n) is 7.09. The van der Waals surface area contributed by atoms with E-state index in [9.17, 15) is 0 Å². The molecule has 1 aromatic heterocycles. The summed E-state index contributed by atoms with van der Waals surface area (Å²) in [7, 11) is 0. The van der Waals surface area contributed by atoms with Crippen LogP contribution in [-0.4, -0.2) is 55.3 Å². The summed E-state index contributed by atoms with van der Waals surface area (Å²) < 4.78 is 5.77. The second-order valence-electron chi connectivity index (χ2n) is 4.73. The fraction of sp³-hybridized carbons (Fsp3) is 0.643. The van der Waals surface area contributed by atoms with Crippen LogP contribution in [0, 0.1) is 0 Å². The molecule has 5 nitrogen and oxygen atoms in total. The Kier molecular flexibility index (Phi) is 5.42. The molecule has 106 valence electrons. The molecule has 0 aliphatic carbocycles. The fourth-order valence-corrected chi connectivity index (χ4v) is 2.24. The zero-order valence-corrected chi connectivity index (χ0v) is 11.9. The molecular formula is C14H24N4O. The van der Waals surface area contributed by atoms with E-state index in [-0.39, 0.29) is 6.10 Å². The maximum absolute atomic E-state index is 5.77. The number of rotatable bonds is 6. The van der Waals surface area contributed by atoms with Gasteiger partial charge in [0.1, 0.15) is 5.82 Å². The van der Waals surface area contributed by atoms with Crippen molar-refractivity contribution in [1.29, 1.82) is 0 Å². The van der Waals surface area contributed by atoms with Gasteiger partial charge in [0.05, 0.1) is 12.7 Å². The third kappa shape index (κ3) is 4.36. The van der Waals surface area contributed by atoms with Crippen molar-refractivity contribution < 1.29 is 4.74 Å². The van der Waals surface area contributed by atoms with Crippen molar-refractivity contribution in [2.75, 3.05) is 50.0 Å². The molecule has 0 radical (unpaired) electrons. The molecule has 1 fully saturated rings. The van der Waals surface area contributed by atoms with E-state index in [1.807, 2.05) is 18.3 Å². The first-order valence-corrected chi connectivity index (χ1v) is 7.09. The maximum Gasteiger partial charge on any atom is 0.127 e. The molecule has 2 heterocycles. The van der Waals surface area contributed by atoms with E-state index in [2.05, 4.69) is 34.4 Å². The molecule has 2 N–H and O–H groups in total. The van der Waals surface area contributed by atoms with Crippen LogP contribution in [0.1, 0.15) is 13.8 Å². The quantitative estimate of drug-likeness (QED) is 0.818. The number of aromatic nitrogens is 1. The molecule has 0 aromatic carbocycles. The van der Waals surface area contributed by atoms with Crippen LogP contribution in [-0.2, 0) is 4.74 Å². The smallest absolute Gasteiger partial charge is 0.127 e. The third-order valence-electron chi connectivity index (χ3n) is 3.32. The summed E-state index contributed by atoms with van der Waals surface area (Å²) in [4.78, 5) is 6.68. The Hall–Kier alpha value is -1.33. The molecule has 5 heteroatoms. The Labute approximate surface area is 115 Å². The Bertz CT molecular complexity index is 385. The molecule has 0 spiro atoms. The number of nitrogens with one attached hydrogen (secondary N) is 2. The number of likely N-dealkylation sites (N-methyl/N-ethyl adjacent to an activating group) is 1. The second kappa shape index (κ2) is 7.31. The second-order valence-corrected chi connectivity index (χ2v) is 4.73. The Balaban J connectivity index is 1.82. The van der Waals surface area contributed by atoms with Crippen LogP contribution >= 0.6 is 0 Å². The molecular weight excluding hydrogens is 240 g/mol. The van der Waals surface area contributed by atoms with Gasteiger partial charge < -0.3 is 15.4 Å². The van der Waals surface area contributed by atoms with E-state index in [1.165, 1.54) is 0 Å². The van der Waals surface area contributed by atoms with Gasteiger partial charge in [-0.2, -0.15) is 0 Å². The lowest BCUT2D eigenvalue weighted by Crippen LogP contribution is -2.45. The van der Waals surface area contributed by atoms with Crippen LogP contribution in [0.3, 0.4) is 0 Å². The van der Waals surface area contributed by atoms with Gasteiger partial charge in [0.25, 0.3) is 0 Å². The van der Waals surface area contributed by atoms with Gasteiger partial charge in [-0.25, -0.2) is 4.98 Å². The fourth-order valence-electron chi connectivity index (χ4n) is 2.24. The van der Waals surface area contributed by atoms with Crippen molar-refractivity contribution in [2.24, 2.45) is 0 Å². The zero-order valence-electron chi connectivity index (χ0n) is 11.9. The number of hydrogen-bond donors (Lipinski definition) is 2.